The Balaban J connectivity index is 1.67. The van der Waals surface area contributed by atoms with E-state index in [4.69, 9.17) is 15.3 Å². The quantitative estimate of drug-likeness (QED) is 0.677. The van der Waals surface area contributed by atoms with Crippen LogP contribution in [0.4, 0.5) is 5.82 Å². The Labute approximate surface area is 160 Å². The molecule has 0 aromatic carbocycles. The van der Waals surface area contributed by atoms with Gasteiger partial charge < -0.3 is 15.3 Å². The second kappa shape index (κ2) is 6.48. The van der Waals surface area contributed by atoms with Gasteiger partial charge in [0, 0.05) is 5.41 Å². The third kappa shape index (κ3) is 3.08. The first-order valence-electron chi connectivity index (χ1n) is 8.71. The van der Waals surface area contributed by atoms with Gasteiger partial charge in [0.15, 0.2) is 22.8 Å². The van der Waals surface area contributed by atoms with Crippen molar-refractivity contribution in [3.63, 3.8) is 0 Å². The highest BCUT2D eigenvalue weighted by atomic mass is 16.7. The molecule has 1 aliphatic carbocycles. The highest BCUT2D eigenvalue weighted by Gasteiger charge is 2.25. The van der Waals surface area contributed by atoms with Crippen LogP contribution < -0.4 is 15.3 Å². The highest BCUT2D eigenvalue weighted by Crippen LogP contribution is 2.26. The minimum absolute atomic E-state index is 0.00563. The van der Waals surface area contributed by atoms with E-state index in [1.54, 1.807) is 6.20 Å². The second-order valence-electron chi connectivity index (χ2n) is 6.85. The van der Waals surface area contributed by atoms with E-state index in [0.717, 1.165) is 4.85 Å². The number of rotatable bonds is 4. The topological polar surface area (TPSA) is 122 Å². The van der Waals surface area contributed by atoms with Gasteiger partial charge in [-0.25, -0.2) is 14.3 Å². The molecule has 0 amide bonds. The zero-order valence-corrected chi connectivity index (χ0v) is 15.7. The van der Waals surface area contributed by atoms with E-state index in [0.29, 0.717) is 23.7 Å². The van der Waals surface area contributed by atoms with Crippen molar-refractivity contribution >= 4 is 29.6 Å². The predicted molar refractivity (Wildman–Crippen MR) is 101 cm³/mol. The summed E-state index contributed by atoms with van der Waals surface area (Å²) in [5.74, 6) is -0.231. The minimum Gasteiger partial charge on any atom is -0.491 e. The zero-order valence-electron chi connectivity index (χ0n) is 15.7. The van der Waals surface area contributed by atoms with Crippen LogP contribution in [-0.4, -0.2) is 42.3 Å². The van der Waals surface area contributed by atoms with Crippen LogP contribution in [0.2, 0.25) is 0 Å². The Morgan fingerprint density at radius 2 is 2.07 bits per heavy atom. The van der Waals surface area contributed by atoms with Gasteiger partial charge in [0.25, 0.3) is 0 Å². The summed E-state index contributed by atoms with van der Waals surface area (Å²) < 4.78 is 6.76. The molecule has 4 rings (SSSR count). The Morgan fingerprint density at radius 3 is 2.86 bits per heavy atom. The summed E-state index contributed by atoms with van der Waals surface area (Å²) in [5, 5.41) is 12.1. The summed E-state index contributed by atoms with van der Waals surface area (Å²) in [6.45, 7) is 6.44. The molecule has 10 heteroatoms. The monoisotopic (exact) mass is 381 g/mol. The van der Waals surface area contributed by atoms with E-state index >= 15 is 0 Å². The number of ether oxygens (including phenoxy) is 1. The van der Waals surface area contributed by atoms with Crippen LogP contribution in [0.15, 0.2) is 24.5 Å². The molecule has 0 fully saturated rings. The molecule has 0 saturated carbocycles. The molecule has 3 heterocycles. The third-order valence-corrected chi connectivity index (χ3v) is 4.20. The van der Waals surface area contributed by atoms with Crippen molar-refractivity contribution in [3.8, 4) is 5.75 Å². The first-order chi connectivity index (χ1) is 13.4. The zero-order chi connectivity index (χ0) is 19.9. The number of nitrogens with two attached hydrogens (primary N) is 1. The van der Waals surface area contributed by atoms with Gasteiger partial charge in [-0.15, -0.1) is 10.2 Å². The molecule has 2 N–H and O–H groups in total. The van der Waals surface area contributed by atoms with Crippen LogP contribution in [0.1, 0.15) is 42.5 Å². The van der Waals surface area contributed by atoms with E-state index in [1.165, 1.54) is 10.7 Å². The number of hydrogen-bond acceptors (Lipinski definition) is 8. The van der Waals surface area contributed by atoms with Gasteiger partial charge in [-0.2, -0.15) is 0 Å². The van der Waals surface area contributed by atoms with Crippen LogP contribution in [0.3, 0.4) is 0 Å². The number of nitrogens with zero attached hydrogens (tertiary/aromatic N) is 6. The summed E-state index contributed by atoms with van der Waals surface area (Å²) >= 11 is 0. The number of carbonyl (C=O) groups excluding carboxylic acids is 1. The Hall–Kier alpha value is -3.69. The van der Waals surface area contributed by atoms with Crippen molar-refractivity contribution < 1.29 is 14.4 Å². The lowest BCUT2D eigenvalue weighted by Gasteiger charge is -2.12. The fourth-order valence-electron chi connectivity index (χ4n) is 2.76. The van der Waals surface area contributed by atoms with Gasteiger partial charge >= 0.3 is 5.97 Å². The van der Waals surface area contributed by atoms with E-state index < -0.39 is 5.97 Å². The van der Waals surface area contributed by atoms with Crippen LogP contribution in [0, 0.1) is 5.41 Å². The Bertz CT molecular complexity index is 1120. The summed E-state index contributed by atoms with van der Waals surface area (Å²) in [6, 6.07) is 0. The lowest BCUT2D eigenvalue weighted by atomic mass is 9.93. The Morgan fingerprint density at radius 1 is 1.29 bits per heavy atom. The van der Waals surface area contributed by atoms with Gasteiger partial charge in [0.2, 0.25) is 0 Å². The van der Waals surface area contributed by atoms with Crippen LogP contribution in [0.25, 0.3) is 17.8 Å². The van der Waals surface area contributed by atoms with E-state index in [1.807, 2.05) is 31.2 Å². The molecule has 3 aromatic heterocycles. The van der Waals surface area contributed by atoms with Crippen molar-refractivity contribution in [2.45, 2.75) is 20.8 Å². The number of fused-ring (bicyclic) bond motifs is 2. The van der Waals surface area contributed by atoms with E-state index in [9.17, 15) is 4.79 Å². The smallest absolute Gasteiger partial charge is 0.373 e. The number of carbonyl (C=O) groups is 1. The molecule has 0 radical (unpaired) electrons. The average molecular weight is 381 g/mol. The molecule has 0 unspecified atom stereocenters. The molecule has 0 bridgehead atoms. The summed E-state index contributed by atoms with van der Waals surface area (Å²) in [4.78, 5) is 23.4. The number of anilines is 1. The van der Waals surface area contributed by atoms with Gasteiger partial charge in [-0.1, -0.05) is 30.8 Å². The minimum atomic E-state index is -0.738. The lowest BCUT2D eigenvalue weighted by molar-refractivity contribution is 0.0383. The molecule has 0 aliphatic heterocycles. The van der Waals surface area contributed by atoms with E-state index in [-0.39, 0.29) is 22.4 Å². The number of aromatic nitrogens is 6. The largest absolute Gasteiger partial charge is 0.491 e. The SMILES string of the molecule is CCOc1cnc2c(C(=O)On3nnc4c3C=CC(C)(C)C=C4)c(N)nn2c1. The van der Waals surface area contributed by atoms with Gasteiger partial charge in [-0.3, -0.25) is 0 Å². The maximum absolute atomic E-state index is 12.8. The molecule has 0 atom stereocenters. The highest BCUT2D eigenvalue weighted by molar-refractivity contribution is 6.00. The third-order valence-electron chi connectivity index (χ3n) is 4.20. The molecule has 10 nitrogen and oxygen atoms in total. The van der Waals surface area contributed by atoms with Gasteiger partial charge in [-0.05, 0) is 24.3 Å². The van der Waals surface area contributed by atoms with Crippen molar-refractivity contribution in [3.05, 3.63) is 41.5 Å². The van der Waals surface area contributed by atoms with Crippen molar-refractivity contribution in [2.75, 3.05) is 12.3 Å². The Kier molecular flexibility index (Phi) is 4.10. The van der Waals surface area contributed by atoms with Crippen LogP contribution >= 0.6 is 0 Å². The number of hydrogen-bond donors (Lipinski definition) is 1. The maximum Gasteiger partial charge on any atom is 0.373 e. The average Bonchev–Trinajstić information content (AvgIpc) is 3.13. The van der Waals surface area contributed by atoms with Gasteiger partial charge in [0.1, 0.15) is 11.4 Å². The van der Waals surface area contributed by atoms with Crippen LogP contribution in [0.5, 0.6) is 5.75 Å². The summed E-state index contributed by atoms with van der Waals surface area (Å²) in [5.41, 5.74) is 7.23. The molecular formula is C18H19N7O3. The standard InChI is InChI=1S/C18H19N7O3/c1-4-27-11-9-20-16-14(15(19)22-24(16)10-11)17(26)28-25-13-6-8-18(2,3)7-5-12(13)21-23-25/h5-10H,4H2,1-3H3,(H2,19,22). The molecule has 3 aromatic rings. The van der Waals surface area contributed by atoms with Crippen molar-refractivity contribution in [2.24, 2.45) is 5.41 Å². The molecule has 28 heavy (non-hydrogen) atoms. The fraction of sp³-hybridized carbons (Fsp3) is 0.278. The normalized spacial score (nSPS) is 14.7. The maximum atomic E-state index is 12.8. The second-order valence-corrected chi connectivity index (χ2v) is 6.85. The van der Waals surface area contributed by atoms with Crippen molar-refractivity contribution in [1.29, 1.82) is 0 Å². The molecule has 0 spiro atoms. The lowest BCUT2D eigenvalue weighted by Crippen LogP contribution is -2.23. The summed E-state index contributed by atoms with van der Waals surface area (Å²) in [6.07, 6.45) is 10.7. The number of nitrogen functional groups attached to an aromatic ring is 1. The number of allylic oxidation sites excluding steroid dienone is 2. The van der Waals surface area contributed by atoms with Gasteiger partial charge in [0.05, 0.1) is 19.0 Å². The van der Waals surface area contributed by atoms with Crippen molar-refractivity contribution in [1.82, 2.24) is 29.8 Å². The van der Waals surface area contributed by atoms with Crippen LogP contribution in [-0.2, 0) is 0 Å². The first-order valence-corrected chi connectivity index (χ1v) is 8.71. The molecule has 144 valence electrons. The van der Waals surface area contributed by atoms with E-state index in [2.05, 4.69) is 34.2 Å². The molecule has 1 aliphatic rings. The fourth-order valence-corrected chi connectivity index (χ4v) is 2.76. The molecular weight excluding hydrogens is 362 g/mol. The predicted octanol–water partition coefficient (Wildman–Crippen LogP) is 1.64. The molecule has 0 saturated heterocycles. The summed E-state index contributed by atoms with van der Waals surface area (Å²) in [7, 11) is 0. The first kappa shape index (κ1) is 17.7.